The molecule has 0 aliphatic rings. The van der Waals surface area contributed by atoms with Crippen molar-refractivity contribution >= 4 is 11.0 Å². The van der Waals surface area contributed by atoms with E-state index in [9.17, 15) is 0 Å². The third kappa shape index (κ3) is 9.23. The van der Waals surface area contributed by atoms with E-state index in [1.807, 2.05) is 48.5 Å². The average Bonchev–Trinajstić information content (AvgIpc) is 3.43. The van der Waals surface area contributed by atoms with Gasteiger partial charge < -0.3 is 28.6 Å². The normalized spacial score (nSPS) is 11.5. The summed E-state index contributed by atoms with van der Waals surface area (Å²) >= 11 is 0. The van der Waals surface area contributed by atoms with E-state index in [-0.39, 0.29) is 0 Å². The van der Waals surface area contributed by atoms with Gasteiger partial charge in [-0.2, -0.15) is 0 Å². The van der Waals surface area contributed by atoms with Crippen molar-refractivity contribution in [1.29, 1.82) is 0 Å². The third-order valence-electron chi connectivity index (χ3n) is 8.17. The third-order valence-corrected chi connectivity index (χ3v) is 8.17. The first-order valence-corrected chi connectivity index (χ1v) is 16.7. The van der Waals surface area contributed by atoms with E-state index in [0.717, 1.165) is 117 Å². The predicted molar refractivity (Wildman–Crippen MR) is 182 cm³/mol. The van der Waals surface area contributed by atoms with Gasteiger partial charge in [0.25, 0.3) is 0 Å². The molecule has 0 amide bonds. The largest absolute Gasteiger partial charge is 0.493 e. The molecule has 0 N–H and O–H groups in total. The molecule has 0 aliphatic heterocycles. The fraction of sp³-hybridized carbons (Fsp3) is 0.486. The fourth-order valence-electron chi connectivity index (χ4n) is 5.45. The first-order valence-electron chi connectivity index (χ1n) is 16.7. The number of ether oxygens (including phenoxy) is 3. The van der Waals surface area contributed by atoms with Gasteiger partial charge in [0.1, 0.15) is 28.6 Å². The highest BCUT2D eigenvalue weighted by atomic mass is 16.5. The van der Waals surface area contributed by atoms with E-state index < -0.39 is 0 Å². The molecule has 7 heteroatoms. The van der Waals surface area contributed by atoms with Crippen LogP contribution in [0.3, 0.4) is 0 Å². The molecular formula is C37H52N4O3. The number of imidazole rings is 1. The Morgan fingerprint density at radius 1 is 0.659 bits per heavy atom. The Labute approximate surface area is 264 Å². The molecule has 238 valence electrons. The van der Waals surface area contributed by atoms with Gasteiger partial charge in [-0.3, -0.25) is 0 Å². The van der Waals surface area contributed by atoms with Crippen LogP contribution >= 0.6 is 0 Å². The average molecular weight is 601 g/mol. The van der Waals surface area contributed by atoms with Crippen molar-refractivity contribution in [3.63, 3.8) is 0 Å². The number of nitrogens with zero attached hydrogens (tertiary/aromatic N) is 4. The topological polar surface area (TPSA) is 52.0 Å². The molecule has 0 radical (unpaired) electrons. The lowest BCUT2D eigenvalue weighted by atomic mass is 10.2. The molecule has 1 heterocycles. The summed E-state index contributed by atoms with van der Waals surface area (Å²) < 4.78 is 21.2. The lowest BCUT2D eigenvalue weighted by Crippen LogP contribution is -2.25. The number of para-hydroxylation sites is 1. The van der Waals surface area contributed by atoms with Crippen molar-refractivity contribution in [3.05, 3.63) is 66.7 Å². The maximum absolute atomic E-state index is 6.46. The van der Waals surface area contributed by atoms with Crippen LogP contribution in [-0.4, -0.2) is 71.8 Å². The SMILES string of the molecule is CCCCn1c(-c2ccc(Oc3ccccc3)cc2)nc2c(OCCCN(CC)CC)cc(OCCCN(CC)CC)cc21. The minimum Gasteiger partial charge on any atom is -0.493 e. The fourth-order valence-corrected chi connectivity index (χ4v) is 5.45. The van der Waals surface area contributed by atoms with E-state index in [1.165, 1.54) is 0 Å². The molecule has 0 saturated carbocycles. The van der Waals surface area contributed by atoms with Crippen LogP contribution < -0.4 is 14.2 Å². The van der Waals surface area contributed by atoms with Gasteiger partial charge in [0.2, 0.25) is 0 Å². The highest BCUT2D eigenvalue weighted by Crippen LogP contribution is 2.36. The molecule has 0 bridgehead atoms. The number of aryl methyl sites for hydroxylation is 1. The number of unbranched alkanes of at least 4 members (excludes halogenated alkanes) is 1. The van der Waals surface area contributed by atoms with Gasteiger partial charge in [-0.1, -0.05) is 59.2 Å². The summed E-state index contributed by atoms with van der Waals surface area (Å²) in [5, 5.41) is 0. The molecule has 0 atom stereocenters. The minimum absolute atomic E-state index is 0.639. The second kappa shape index (κ2) is 17.7. The summed E-state index contributed by atoms with van der Waals surface area (Å²) in [7, 11) is 0. The van der Waals surface area contributed by atoms with E-state index >= 15 is 0 Å². The lowest BCUT2D eigenvalue weighted by Gasteiger charge is -2.18. The molecule has 3 aromatic carbocycles. The number of aromatic nitrogens is 2. The molecule has 0 spiro atoms. The molecular weight excluding hydrogens is 548 g/mol. The maximum Gasteiger partial charge on any atom is 0.150 e. The molecule has 1 aromatic heterocycles. The van der Waals surface area contributed by atoms with Gasteiger partial charge in [-0.05, 0) is 81.8 Å². The number of fused-ring (bicyclic) bond motifs is 1. The van der Waals surface area contributed by atoms with Gasteiger partial charge in [0, 0.05) is 37.3 Å². The quantitative estimate of drug-likeness (QED) is 0.0948. The Balaban J connectivity index is 1.63. The number of hydrogen-bond donors (Lipinski definition) is 0. The van der Waals surface area contributed by atoms with Gasteiger partial charge in [0.05, 0.1) is 18.7 Å². The van der Waals surface area contributed by atoms with Crippen LogP contribution in [0.2, 0.25) is 0 Å². The van der Waals surface area contributed by atoms with E-state index in [0.29, 0.717) is 13.2 Å². The van der Waals surface area contributed by atoms with Crippen molar-refractivity contribution in [3.8, 4) is 34.4 Å². The zero-order chi connectivity index (χ0) is 31.1. The van der Waals surface area contributed by atoms with Crippen molar-refractivity contribution < 1.29 is 14.2 Å². The first kappa shape index (κ1) is 33.3. The smallest absolute Gasteiger partial charge is 0.150 e. The number of benzene rings is 3. The van der Waals surface area contributed by atoms with Crippen LogP contribution in [0.4, 0.5) is 0 Å². The predicted octanol–water partition coefficient (Wildman–Crippen LogP) is 8.52. The summed E-state index contributed by atoms with van der Waals surface area (Å²) in [5.74, 6) is 4.19. The summed E-state index contributed by atoms with van der Waals surface area (Å²) in [5.41, 5.74) is 2.99. The highest BCUT2D eigenvalue weighted by molar-refractivity contribution is 5.87. The monoisotopic (exact) mass is 600 g/mol. The van der Waals surface area contributed by atoms with Gasteiger partial charge >= 0.3 is 0 Å². The van der Waals surface area contributed by atoms with E-state index in [1.54, 1.807) is 0 Å². The van der Waals surface area contributed by atoms with E-state index in [4.69, 9.17) is 19.2 Å². The van der Waals surface area contributed by atoms with Gasteiger partial charge in [0.15, 0.2) is 5.75 Å². The second-order valence-electron chi connectivity index (χ2n) is 11.1. The van der Waals surface area contributed by atoms with Crippen molar-refractivity contribution in [2.75, 3.05) is 52.5 Å². The molecule has 0 unspecified atom stereocenters. The van der Waals surface area contributed by atoms with Crippen molar-refractivity contribution in [2.24, 2.45) is 0 Å². The Hall–Kier alpha value is -3.55. The summed E-state index contributed by atoms with van der Waals surface area (Å²) in [4.78, 5) is 10.1. The Morgan fingerprint density at radius 3 is 1.89 bits per heavy atom. The molecule has 4 aromatic rings. The molecule has 4 rings (SSSR count). The van der Waals surface area contributed by atoms with E-state index in [2.05, 4.69) is 67.2 Å². The molecule has 0 saturated heterocycles. The number of rotatable bonds is 20. The van der Waals surface area contributed by atoms with Gasteiger partial charge in [-0.25, -0.2) is 4.98 Å². The lowest BCUT2D eigenvalue weighted by molar-refractivity contribution is 0.243. The summed E-state index contributed by atoms with van der Waals surface area (Å²) in [6.07, 6.45) is 4.10. The summed E-state index contributed by atoms with van der Waals surface area (Å²) in [6, 6.07) is 22.3. The molecule has 0 aliphatic carbocycles. The maximum atomic E-state index is 6.46. The highest BCUT2D eigenvalue weighted by Gasteiger charge is 2.18. The van der Waals surface area contributed by atoms with Crippen LogP contribution in [0.25, 0.3) is 22.4 Å². The van der Waals surface area contributed by atoms with Crippen molar-refractivity contribution in [1.82, 2.24) is 19.4 Å². The minimum atomic E-state index is 0.639. The van der Waals surface area contributed by atoms with Crippen LogP contribution in [-0.2, 0) is 6.54 Å². The Morgan fingerprint density at radius 2 is 1.27 bits per heavy atom. The zero-order valence-corrected chi connectivity index (χ0v) is 27.6. The Bertz CT molecular complexity index is 1380. The van der Waals surface area contributed by atoms with Crippen LogP contribution in [0.15, 0.2) is 66.7 Å². The molecule has 44 heavy (non-hydrogen) atoms. The van der Waals surface area contributed by atoms with Crippen LogP contribution in [0.1, 0.15) is 60.3 Å². The van der Waals surface area contributed by atoms with Crippen LogP contribution in [0, 0.1) is 0 Å². The molecule has 7 nitrogen and oxygen atoms in total. The van der Waals surface area contributed by atoms with Crippen LogP contribution in [0.5, 0.6) is 23.0 Å². The summed E-state index contributed by atoms with van der Waals surface area (Å²) in [6.45, 7) is 19.5. The zero-order valence-electron chi connectivity index (χ0n) is 27.6. The first-order chi connectivity index (χ1) is 21.6. The standard InChI is InChI=1S/C37H52N4O3/c1-6-11-25-41-34-28-33(42-26-15-23-39(7-2)8-3)29-35(43-27-16-24-40(9-4)10-5)36(34)38-37(41)30-19-21-32(22-20-30)44-31-17-13-12-14-18-31/h12-14,17-22,28-29H,6-11,15-16,23-27H2,1-5H3. The number of hydrogen-bond acceptors (Lipinski definition) is 6. The second-order valence-corrected chi connectivity index (χ2v) is 11.1. The van der Waals surface area contributed by atoms with Gasteiger partial charge in [-0.15, -0.1) is 0 Å². The Kier molecular flexibility index (Phi) is 13.4. The molecule has 0 fully saturated rings. The van der Waals surface area contributed by atoms with Crippen molar-refractivity contribution in [2.45, 2.75) is 66.8 Å².